The quantitative estimate of drug-likeness (QED) is 0.839. The molecule has 1 unspecified atom stereocenters. The first-order valence-electron chi connectivity index (χ1n) is 5.72. The summed E-state index contributed by atoms with van der Waals surface area (Å²) in [5.41, 5.74) is -1.30. The highest BCUT2D eigenvalue weighted by molar-refractivity contribution is 5.96. The first-order valence-corrected chi connectivity index (χ1v) is 5.72. The van der Waals surface area contributed by atoms with Crippen molar-refractivity contribution in [1.82, 2.24) is 5.32 Å². The Hall–Kier alpha value is -2.05. The lowest BCUT2D eigenvalue weighted by atomic mass is 9.86. The minimum absolute atomic E-state index is 0.489. The number of amides is 1. The Morgan fingerprint density at radius 2 is 1.60 bits per heavy atom. The summed E-state index contributed by atoms with van der Waals surface area (Å²) >= 11 is 0. The highest BCUT2D eigenvalue weighted by atomic mass is 19.2. The number of nitrogens with one attached hydrogen (secondary N) is 1. The lowest BCUT2D eigenvalue weighted by Gasteiger charge is -2.27. The Morgan fingerprint density at radius 3 is 1.95 bits per heavy atom. The molecule has 0 heterocycles. The van der Waals surface area contributed by atoms with Crippen LogP contribution in [0.4, 0.5) is 13.2 Å². The smallest absolute Gasteiger partial charge is 0.326 e. The zero-order valence-electron chi connectivity index (χ0n) is 11.1. The van der Waals surface area contributed by atoms with Crippen molar-refractivity contribution in [3.63, 3.8) is 0 Å². The molecule has 0 aromatic heterocycles. The van der Waals surface area contributed by atoms with E-state index in [9.17, 15) is 22.8 Å². The first kappa shape index (κ1) is 16.0. The summed E-state index contributed by atoms with van der Waals surface area (Å²) in [4.78, 5) is 22.9. The minimum Gasteiger partial charge on any atom is -0.480 e. The number of rotatable bonds is 3. The van der Waals surface area contributed by atoms with Crippen molar-refractivity contribution < 1.29 is 27.9 Å². The van der Waals surface area contributed by atoms with E-state index in [4.69, 9.17) is 5.11 Å². The van der Waals surface area contributed by atoms with Crippen molar-refractivity contribution in [2.45, 2.75) is 26.8 Å². The van der Waals surface area contributed by atoms with Gasteiger partial charge in [0.15, 0.2) is 17.5 Å². The molecule has 1 atom stereocenters. The van der Waals surface area contributed by atoms with Gasteiger partial charge in [0.25, 0.3) is 5.91 Å². The zero-order valence-corrected chi connectivity index (χ0v) is 11.1. The van der Waals surface area contributed by atoms with Crippen LogP contribution >= 0.6 is 0 Å². The van der Waals surface area contributed by atoms with Crippen molar-refractivity contribution in [2.75, 3.05) is 0 Å². The predicted octanol–water partition coefficient (Wildman–Crippen LogP) is 2.33. The summed E-state index contributed by atoms with van der Waals surface area (Å²) in [5, 5.41) is 11.2. The van der Waals surface area contributed by atoms with Gasteiger partial charge in [0.2, 0.25) is 0 Å². The summed E-state index contributed by atoms with van der Waals surface area (Å²) in [5.74, 6) is -7.00. The molecule has 1 aromatic rings. The van der Waals surface area contributed by atoms with Crippen molar-refractivity contribution >= 4 is 11.9 Å². The average Bonchev–Trinajstić information content (AvgIpc) is 2.30. The van der Waals surface area contributed by atoms with Crippen LogP contribution in [-0.4, -0.2) is 23.0 Å². The Bertz CT molecular complexity index is 529. The van der Waals surface area contributed by atoms with Crippen molar-refractivity contribution in [3.8, 4) is 0 Å². The maximum absolute atomic E-state index is 13.0. The highest BCUT2D eigenvalue weighted by Gasteiger charge is 2.33. The van der Waals surface area contributed by atoms with Crippen molar-refractivity contribution in [1.29, 1.82) is 0 Å². The summed E-state index contributed by atoms with van der Waals surface area (Å²) < 4.78 is 38.8. The molecule has 110 valence electrons. The molecule has 7 heteroatoms. The van der Waals surface area contributed by atoms with Crippen molar-refractivity contribution in [2.24, 2.45) is 5.41 Å². The third kappa shape index (κ3) is 3.49. The number of hydrogen-bond donors (Lipinski definition) is 2. The molecular formula is C13H14F3NO3. The van der Waals surface area contributed by atoms with E-state index in [-0.39, 0.29) is 0 Å². The number of aliphatic carboxylic acids is 1. The van der Waals surface area contributed by atoms with Crippen LogP contribution in [0.25, 0.3) is 0 Å². The lowest BCUT2D eigenvalue weighted by molar-refractivity contribution is -0.142. The molecular weight excluding hydrogens is 275 g/mol. The summed E-state index contributed by atoms with van der Waals surface area (Å²) in [6, 6.07) is -0.240. The number of hydrogen-bond acceptors (Lipinski definition) is 2. The fourth-order valence-corrected chi connectivity index (χ4v) is 1.55. The molecule has 1 aromatic carbocycles. The Kier molecular flexibility index (Phi) is 4.42. The molecule has 0 saturated carbocycles. The van der Waals surface area contributed by atoms with Gasteiger partial charge in [0.1, 0.15) is 6.04 Å². The Morgan fingerprint density at radius 1 is 1.15 bits per heavy atom. The molecule has 0 bridgehead atoms. The molecule has 0 radical (unpaired) electrons. The minimum atomic E-state index is -1.69. The second-order valence-electron chi connectivity index (χ2n) is 5.36. The molecule has 0 spiro atoms. The van der Waals surface area contributed by atoms with E-state index in [0.717, 1.165) is 0 Å². The third-order valence-electron chi connectivity index (χ3n) is 2.63. The third-order valence-corrected chi connectivity index (χ3v) is 2.63. The van der Waals surface area contributed by atoms with E-state index in [1.807, 2.05) is 0 Å². The Labute approximate surface area is 113 Å². The van der Waals surface area contributed by atoms with Gasteiger partial charge >= 0.3 is 5.97 Å². The van der Waals surface area contributed by atoms with Gasteiger partial charge in [-0.15, -0.1) is 0 Å². The van der Waals surface area contributed by atoms with Crippen LogP contribution in [0.15, 0.2) is 12.1 Å². The monoisotopic (exact) mass is 289 g/mol. The number of carboxylic acids is 1. The lowest BCUT2D eigenvalue weighted by Crippen LogP contribution is -2.49. The van der Waals surface area contributed by atoms with E-state index in [1.54, 1.807) is 20.8 Å². The molecule has 2 N–H and O–H groups in total. The van der Waals surface area contributed by atoms with E-state index < -0.39 is 46.3 Å². The molecule has 4 nitrogen and oxygen atoms in total. The standard InChI is InChI=1S/C13H14F3NO3/c1-13(2,3)10(12(19)20)17-11(18)6-4-7(14)9(16)8(15)5-6/h4-5,10H,1-3H3,(H,17,18)(H,19,20). The largest absolute Gasteiger partial charge is 0.480 e. The number of benzene rings is 1. The van der Waals surface area contributed by atoms with Gasteiger partial charge in [-0.2, -0.15) is 0 Å². The molecule has 20 heavy (non-hydrogen) atoms. The Balaban J connectivity index is 3.04. The van der Waals surface area contributed by atoms with Crippen LogP contribution in [0.2, 0.25) is 0 Å². The molecule has 0 saturated heterocycles. The molecule has 0 aliphatic heterocycles. The topological polar surface area (TPSA) is 66.4 Å². The summed E-state index contributed by atoms with van der Waals surface area (Å²) in [6.45, 7) is 4.74. The SMILES string of the molecule is CC(C)(C)C(NC(=O)c1cc(F)c(F)c(F)c1)C(=O)O. The van der Waals surface area contributed by atoms with E-state index >= 15 is 0 Å². The normalized spacial score (nSPS) is 12.9. The van der Waals surface area contributed by atoms with Crippen LogP contribution in [0, 0.1) is 22.9 Å². The van der Waals surface area contributed by atoms with Crippen LogP contribution < -0.4 is 5.32 Å². The van der Waals surface area contributed by atoms with Gasteiger partial charge in [0.05, 0.1) is 0 Å². The van der Waals surface area contributed by atoms with Gasteiger partial charge in [-0.1, -0.05) is 20.8 Å². The predicted molar refractivity (Wildman–Crippen MR) is 64.7 cm³/mol. The van der Waals surface area contributed by atoms with Gasteiger partial charge < -0.3 is 10.4 Å². The van der Waals surface area contributed by atoms with Crippen LogP contribution in [-0.2, 0) is 4.79 Å². The van der Waals surface area contributed by atoms with Gasteiger partial charge in [0, 0.05) is 5.56 Å². The van der Waals surface area contributed by atoms with Crippen LogP contribution in [0.3, 0.4) is 0 Å². The van der Waals surface area contributed by atoms with E-state index in [2.05, 4.69) is 5.32 Å². The molecule has 1 amide bonds. The molecule has 1 rings (SSSR count). The summed E-state index contributed by atoms with van der Waals surface area (Å²) in [6.07, 6.45) is 0. The zero-order chi connectivity index (χ0) is 15.7. The molecule has 0 aliphatic rings. The number of carbonyl (C=O) groups excluding carboxylic acids is 1. The first-order chi connectivity index (χ1) is 9.04. The van der Waals surface area contributed by atoms with Crippen molar-refractivity contribution in [3.05, 3.63) is 35.1 Å². The van der Waals surface area contributed by atoms with E-state index in [0.29, 0.717) is 12.1 Å². The molecule has 0 aliphatic carbocycles. The van der Waals surface area contributed by atoms with E-state index in [1.165, 1.54) is 0 Å². The number of carboxylic acid groups (broad SMARTS) is 1. The number of carbonyl (C=O) groups is 2. The maximum atomic E-state index is 13.0. The van der Waals surface area contributed by atoms with Crippen LogP contribution in [0.1, 0.15) is 31.1 Å². The summed E-state index contributed by atoms with van der Waals surface area (Å²) in [7, 11) is 0. The fourth-order valence-electron chi connectivity index (χ4n) is 1.55. The average molecular weight is 289 g/mol. The van der Waals surface area contributed by atoms with Gasteiger partial charge in [-0.25, -0.2) is 18.0 Å². The second kappa shape index (κ2) is 5.52. The van der Waals surface area contributed by atoms with Gasteiger partial charge in [-0.3, -0.25) is 4.79 Å². The molecule has 0 fully saturated rings. The van der Waals surface area contributed by atoms with Gasteiger partial charge in [-0.05, 0) is 17.5 Å². The maximum Gasteiger partial charge on any atom is 0.326 e. The highest BCUT2D eigenvalue weighted by Crippen LogP contribution is 2.20. The fraction of sp³-hybridized carbons (Fsp3) is 0.385. The second-order valence-corrected chi connectivity index (χ2v) is 5.36. The van der Waals surface area contributed by atoms with Crippen LogP contribution in [0.5, 0.6) is 0 Å². The number of halogens is 3.